The Labute approximate surface area is 157 Å². The van der Waals surface area contributed by atoms with E-state index < -0.39 is 10.8 Å². The van der Waals surface area contributed by atoms with Gasteiger partial charge in [0.1, 0.15) is 10.6 Å². The Morgan fingerprint density at radius 2 is 2.15 bits per heavy atom. The number of amides is 1. The first-order valence-corrected chi connectivity index (χ1v) is 8.53. The number of nitro groups is 1. The molecule has 0 unspecified atom stereocenters. The normalized spacial score (nSPS) is 11.0. The van der Waals surface area contributed by atoms with Crippen LogP contribution in [0.4, 0.5) is 5.69 Å². The predicted octanol–water partition coefficient (Wildman–Crippen LogP) is 4.24. The molecule has 3 rings (SSSR count). The molecule has 1 amide bonds. The number of benzene rings is 2. The molecule has 0 spiro atoms. The molecule has 0 bridgehead atoms. The molecule has 0 aliphatic rings. The molecule has 1 N–H and O–H groups in total. The third-order valence-corrected chi connectivity index (χ3v) is 5.16. The molecule has 7 nitrogen and oxygen atoms in total. The molecule has 1 heterocycles. The van der Waals surface area contributed by atoms with Crippen LogP contribution in [0.5, 0.6) is 5.75 Å². The van der Waals surface area contributed by atoms with Gasteiger partial charge in [0.2, 0.25) is 0 Å². The fourth-order valence-corrected chi connectivity index (χ4v) is 3.69. The quantitative estimate of drug-likeness (QED) is 0.401. The van der Waals surface area contributed by atoms with Crippen molar-refractivity contribution in [2.24, 2.45) is 5.10 Å². The van der Waals surface area contributed by atoms with Gasteiger partial charge in [-0.2, -0.15) is 5.10 Å². The van der Waals surface area contributed by atoms with Crippen molar-refractivity contribution >= 4 is 50.8 Å². The molecular formula is C17H12ClN3O4S. The fraction of sp³-hybridized carbons (Fsp3) is 0.0588. The van der Waals surface area contributed by atoms with Gasteiger partial charge in [-0.1, -0.05) is 23.7 Å². The maximum absolute atomic E-state index is 12.3. The van der Waals surface area contributed by atoms with Crippen LogP contribution in [0, 0.1) is 10.1 Å². The molecule has 0 fully saturated rings. The summed E-state index contributed by atoms with van der Waals surface area (Å²) in [4.78, 5) is 22.9. The number of nitrogens with zero attached hydrogens (tertiary/aromatic N) is 2. The summed E-state index contributed by atoms with van der Waals surface area (Å²) in [5, 5.41) is 15.7. The summed E-state index contributed by atoms with van der Waals surface area (Å²) in [7, 11) is 1.56. The first-order valence-electron chi connectivity index (χ1n) is 7.33. The first kappa shape index (κ1) is 17.8. The number of methoxy groups -OCH3 is 1. The van der Waals surface area contributed by atoms with Crippen LogP contribution >= 0.6 is 22.9 Å². The monoisotopic (exact) mass is 389 g/mol. The van der Waals surface area contributed by atoms with Gasteiger partial charge in [0, 0.05) is 27.8 Å². The minimum absolute atomic E-state index is 0.0539. The van der Waals surface area contributed by atoms with Crippen LogP contribution in [0.25, 0.3) is 10.1 Å². The zero-order valence-corrected chi connectivity index (χ0v) is 15.0. The van der Waals surface area contributed by atoms with Crippen molar-refractivity contribution in [1.82, 2.24) is 5.43 Å². The van der Waals surface area contributed by atoms with Crippen LogP contribution < -0.4 is 10.2 Å². The number of hydrazone groups is 1. The van der Waals surface area contributed by atoms with Crippen LogP contribution in [0.3, 0.4) is 0 Å². The Balaban J connectivity index is 1.78. The second-order valence-electron chi connectivity index (χ2n) is 5.16. The molecule has 0 aliphatic carbocycles. The van der Waals surface area contributed by atoms with Gasteiger partial charge in [-0.15, -0.1) is 11.3 Å². The van der Waals surface area contributed by atoms with Crippen molar-refractivity contribution in [3.63, 3.8) is 0 Å². The fourth-order valence-electron chi connectivity index (χ4n) is 2.25. The average Bonchev–Trinajstić information content (AvgIpc) is 2.98. The summed E-state index contributed by atoms with van der Waals surface area (Å²) in [5.41, 5.74) is 2.82. The van der Waals surface area contributed by atoms with E-state index in [0.717, 1.165) is 10.1 Å². The summed E-state index contributed by atoms with van der Waals surface area (Å²) < 4.78 is 5.99. The number of hydrogen-bond acceptors (Lipinski definition) is 6. The predicted molar refractivity (Wildman–Crippen MR) is 102 cm³/mol. The molecule has 0 radical (unpaired) electrons. The van der Waals surface area contributed by atoms with E-state index in [1.807, 2.05) is 0 Å². The van der Waals surface area contributed by atoms with Crippen molar-refractivity contribution in [2.75, 3.05) is 7.11 Å². The highest BCUT2D eigenvalue weighted by atomic mass is 35.5. The molecule has 9 heteroatoms. The number of ether oxygens (including phenoxy) is 1. The lowest BCUT2D eigenvalue weighted by Crippen LogP contribution is -2.16. The second kappa shape index (κ2) is 7.51. The van der Waals surface area contributed by atoms with E-state index in [1.165, 1.54) is 35.8 Å². The zero-order chi connectivity index (χ0) is 18.7. The Kier molecular flexibility index (Phi) is 5.15. The maximum atomic E-state index is 12.3. The lowest BCUT2D eigenvalue weighted by Gasteiger charge is -1.98. The highest BCUT2D eigenvalue weighted by Crippen LogP contribution is 2.37. The van der Waals surface area contributed by atoms with Crippen molar-refractivity contribution in [3.05, 3.63) is 68.0 Å². The molecule has 2 aromatic carbocycles. The molecule has 0 saturated carbocycles. The van der Waals surface area contributed by atoms with Gasteiger partial charge in [0.25, 0.3) is 11.6 Å². The van der Waals surface area contributed by atoms with Crippen LogP contribution in [-0.2, 0) is 0 Å². The van der Waals surface area contributed by atoms with Crippen molar-refractivity contribution in [1.29, 1.82) is 0 Å². The number of halogens is 1. The Morgan fingerprint density at radius 1 is 1.35 bits per heavy atom. The SMILES string of the molecule is COc1ccc2c(Cl)c(C(=O)N/N=C\c3cccc([N+](=O)[O-])c3)sc2c1. The number of rotatable bonds is 5. The smallest absolute Gasteiger partial charge is 0.283 e. The van der Waals surface area contributed by atoms with E-state index >= 15 is 0 Å². The number of nitro benzene ring substituents is 1. The van der Waals surface area contributed by atoms with Gasteiger partial charge in [0.15, 0.2) is 0 Å². The van der Waals surface area contributed by atoms with Crippen molar-refractivity contribution < 1.29 is 14.5 Å². The van der Waals surface area contributed by atoms with Crippen LogP contribution in [0.15, 0.2) is 47.6 Å². The van der Waals surface area contributed by atoms with E-state index in [2.05, 4.69) is 10.5 Å². The minimum Gasteiger partial charge on any atom is -0.497 e. The number of thiophene rings is 1. The van der Waals surface area contributed by atoms with E-state index in [0.29, 0.717) is 21.2 Å². The van der Waals surface area contributed by atoms with Gasteiger partial charge in [-0.25, -0.2) is 5.43 Å². The number of nitrogens with one attached hydrogen (secondary N) is 1. The lowest BCUT2D eigenvalue weighted by molar-refractivity contribution is -0.384. The largest absolute Gasteiger partial charge is 0.497 e. The number of hydrogen-bond donors (Lipinski definition) is 1. The van der Waals surface area contributed by atoms with Crippen LogP contribution in [0.2, 0.25) is 5.02 Å². The summed E-state index contributed by atoms with van der Waals surface area (Å²) in [5.74, 6) is 0.211. The highest BCUT2D eigenvalue weighted by molar-refractivity contribution is 7.21. The molecule has 0 saturated heterocycles. The Hall–Kier alpha value is -2.97. The standard InChI is InChI=1S/C17H12ClN3O4S/c1-25-12-5-6-13-14(8-12)26-16(15(13)18)17(22)20-19-9-10-3-2-4-11(7-10)21(23)24/h2-9H,1H3,(H,20,22)/b19-9-. The molecular weight excluding hydrogens is 378 g/mol. The second-order valence-corrected chi connectivity index (χ2v) is 6.59. The molecule has 26 heavy (non-hydrogen) atoms. The number of carbonyl (C=O) groups excluding carboxylic acids is 1. The van der Waals surface area contributed by atoms with Gasteiger partial charge in [-0.3, -0.25) is 14.9 Å². The van der Waals surface area contributed by atoms with E-state index in [4.69, 9.17) is 16.3 Å². The molecule has 1 aromatic heterocycles. The minimum atomic E-state index is -0.499. The summed E-state index contributed by atoms with van der Waals surface area (Å²) in [6, 6.07) is 11.3. The lowest BCUT2D eigenvalue weighted by atomic mass is 10.2. The van der Waals surface area contributed by atoms with Gasteiger partial charge >= 0.3 is 0 Å². The van der Waals surface area contributed by atoms with Gasteiger partial charge in [0.05, 0.1) is 23.3 Å². The van der Waals surface area contributed by atoms with Crippen LogP contribution in [-0.4, -0.2) is 24.2 Å². The molecule has 0 atom stereocenters. The number of fused-ring (bicyclic) bond motifs is 1. The third kappa shape index (κ3) is 3.66. The molecule has 0 aliphatic heterocycles. The molecule has 3 aromatic rings. The van der Waals surface area contributed by atoms with Gasteiger partial charge in [-0.05, 0) is 18.2 Å². The van der Waals surface area contributed by atoms with Crippen molar-refractivity contribution in [3.8, 4) is 5.75 Å². The Bertz CT molecular complexity index is 1030. The van der Waals surface area contributed by atoms with E-state index in [9.17, 15) is 14.9 Å². The maximum Gasteiger partial charge on any atom is 0.283 e. The van der Waals surface area contributed by atoms with Crippen molar-refractivity contribution in [2.45, 2.75) is 0 Å². The number of non-ortho nitro benzene ring substituents is 1. The Morgan fingerprint density at radius 3 is 2.88 bits per heavy atom. The summed E-state index contributed by atoms with van der Waals surface area (Å²) in [6.45, 7) is 0. The topological polar surface area (TPSA) is 93.8 Å². The number of carbonyl (C=O) groups is 1. The third-order valence-electron chi connectivity index (χ3n) is 3.50. The van der Waals surface area contributed by atoms with E-state index in [-0.39, 0.29) is 5.69 Å². The average molecular weight is 390 g/mol. The van der Waals surface area contributed by atoms with E-state index in [1.54, 1.807) is 31.4 Å². The zero-order valence-electron chi connectivity index (χ0n) is 13.4. The molecule has 132 valence electrons. The summed E-state index contributed by atoms with van der Waals surface area (Å²) >= 11 is 7.51. The highest BCUT2D eigenvalue weighted by Gasteiger charge is 2.17. The van der Waals surface area contributed by atoms with Crippen LogP contribution in [0.1, 0.15) is 15.2 Å². The van der Waals surface area contributed by atoms with Gasteiger partial charge < -0.3 is 4.74 Å². The first-order chi connectivity index (χ1) is 12.5. The summed E-state index contributed by atoms with van der Waals surface area (Å²) in [6.07, 6.45) is 1.33.